The molecule has 0 N–H and O–H groups in total. The van der Waals surface area contributed by atoms with Crippen LogP contribution in [0, 0.1) is 11.8 Å². The SMILES string of the molecule is C.C.C.CC(C)=O.CC1CCC(C)CC1.COC.COC(C)=O. The zero-order valence-electron chi connectivity index (χ0n) is 14.6. The van der Waals surface area contributed by atoms with Crippen LogP contribution < -0.4 is 0 Å². The van der Waals surface area contributed by atoms with Gasteiger partial charge in [0.05, 0.1) is 7.11 Å². The Morgan fingerprint density at radius 3 is 0.957 bits per heavy atom. The van der Waals surface area contributed by atoms with E-state index in [2.05, 4.69) is 23.3 Å². The molecule has 23 heavy (non-hydrogen) atoms. The van der Waals surface area contributed by atoms with Crippen LogP contribution in [0.25, 0.3) is 0 Å². The second-order valence-electron chi connectivity index (χ2n) is 5.38. The first-order chi connectivity index (χ1) is 9.20. The summed E-state index contributed by atoms with van der Waals surface area (Å²) >= 11 is 0. The van der Waals surface area contributed by atoms with E-state index in [1.165, 1.54) is 53.6 Å². The molecule has 0 heterocycles. The predicted octanol–water partition coefficient (Wildman–Crippen LogP) is 5.78. The van der Waals surface area contributed by atoms with Crippen molar-refractivity contribution in [1.29, 1.82) is 0 Å². The lowest BCUT2D eigenvalue weighted by atomic mass is 9.84. The Kier molecular flexibility index (Phi) is 48.1. The number of ketones is 1. The van der Waals surface area contributed by atoms with Crippen molar-refractivity contribution < 1.29 is 19.1 Å². The third-order valence-corrected chi connectivity index (χ3v) is 2.59. The Hall–Kier alpha value is -0.900. The first-order valence-electron chi connectivity index (χ1n) is 7.12. The lowest BCUT2D eigenvalue weighted by Gasteiger charge is -2.22. The minimum atomic E-state index is -0.245. The Balaban J connectivity index is -0.0000000431. The van der Waals surface area contributed by atoms with Gasteiger partial charge in [0.1, 0.15) is 5.78 Å². The van der Waals surface area contributed by atoms with Gasteiger partial charge in [-0.1, -0.05) is 61.8 Å². The second-order valence-corrected chi connectivity index (χ2v) is 5.38. The molecule has 4 heteroatoms. The molecule has 1 saturated carbocycles. The van der Waals surface area contributed by atoms with E-state index in [1.807, 2.05) is 0 Å². The van der Waals surface area contributed by atoms with Gasteiger partial charge in [-0.25, -0.2) is 0 Å². The Morgan fingerprint density at radius 1 is 0.739 bits per heavy atom. The lowest BCUT2D eigenvalue weighted by molar-refractivity contribution is -0.137. The van der Waals surface area contributed by atoms with Crippen molar-refractivity contribution in [2.45, 2.75) is 82.6 Å². The summed E-state index contributed by atoms with van der Waals surface area (Å²) in [6.45, 7) is 9.15. The maximum Gasteiger partial charge on any atom is 0.302 e. The van der Waals surface area contributed by atoms with E-state index in [0.29, 0.717) is 0 Å². The van der Waals surface area contributed by atoms with Gasteiger partial charge >= 0.3 is 5.97 Å². The van der Waals surface area contributed by atoms with Gasteiger partial charge in [-0.05, 0) is 25.7 Å². The van der Waals surface area contributed by atoms with Crippen LogP contribution in [0.1, 0.15) is 82.6 Å². The van der Waals surface area contributed by atoms with Crippen LogP contribution in [-0.2, 0) is 19.1 Å². The highest BCUT2D eigenvalue weighted by Gasteiger charge is 2.13. The zero-order valence-corrected chi connectivity index (χ0v) is 14.6. The van der Waals surface area contributed by atoms with E-state index in [4.69, 9.17) is 0 Å². The molecule has 0 radical (unpaired) electrons. The van der Waals surface area contributed by atoms with E-state index in [1.54, 1.807) is 14.2 Å². The molecule has 1 aliphatic carbocycles. The summed E-state index contributed by atoms with van der Waals surface area (Å²) in [6.07, 6.45) is 5.89. The zero-order chi connectivity index (χ0) is 16.6. The normalized spacial score (nSPS) is 17.2. The molecule has 4 nitrogen and oxygen atoms in total. The molecule has 0 aromatic carbocycles. The fraction of sp³-hybridized carbons (Fsp3) is 0.895. The quantitative estimate of drug-likeness (QED) is 0.525. The molecule has 146 valence electrons. The number of Topliss-reactive ketones (excluding diaryl/α,β-unsaturated/α-hetero) is 1. The van der Waals surface area contributed by atoms with E-state index in [-0.39, 0.29) is 34.0 Å². The molecule has 0 aromatic heterocycles. The molecule has 0 spiro atoms. The summed E-state index contributed by atoms with van der Waals surface area (Å²) in [5.74, 6) is 1.96. The highest BCUT2D eigenvalue weighted by molar-refractivity contribution is 5.72. The Morgan fingerprint density at radius 2 is 0.870 bits per heavy atom. The topological polar surface area (TPSA) is 52.6 Å². The molecule has 1 aliphatic rings. The largest absolute Gasteiger partial charge is 0.469 e. The number of carbonyl (C=O) groups is 2. The summed E-state index contributed by atoms with van der Waals surface area (Å²) in [5, 5.41) is 0. The maximum atomic E-state index is 9.59. The molecule has 1 fully saturated rings. The molecular weight excluding hydrogens is 292 g/mol. The summed E-state index contributed by atoms with van der Waals surface area (Å²) < 4.78 is 8.36. The van der Waals surface area contributed by atoms with Crippen LogP contribution in [0.4, 0.5) is 0 Å². The molecule has 0 aromatic rings. The van der Waals surface area contributed by atoms with Crippen LogP contribution in [0.15, 0.2) is 0 Å². The predicted molar refractivity (Wildman–Crippen MR) is 104 cm³/mol. The van der Waals surface area contributed by atoms with Gasteiger partial charge in [-0.3, -0.25) is 4.79 Å². The summed E-state index contributed by atoms with van der Waals surface area (Å²) in [5.41, 5.74) is 0. The van der Waals surface area contributed by atoms with Gasteiger partial charge in [0, 0.05) is 21.1 Å². The molecule has 1 rings (SSSR count). The van der Waals surface area contributed by atoms with Crippen LogP contribution in [0.5, 0.6) is 0 Å². The first-order valence-corrected chi connectivity index (χ1v) is 7.12. The van der Waals surface area contributed by atoms with Crippen LogP contribution >= 0.6 is 0 Å². The van der Waals surface area contributed by atoms with Crippen molar-refractivity contribution in [3.63, 3.8) is 0 Å². The number of hydrogen-bond acceptors (Lipinski definition) is 4. The highest BCUT2D eigenvalue weighted by atomic mass is 16.5. The molecule has 0 unspecified atom stereocenters. The first kappa shape index (κ1) is 38.0. The van der Waals surface area contributed by atoms with E-state index in [9.17, 15) is 9.59 Å². The minimum absolute atomic E-state index is 0. The lowest BCUT2D eigenvalue weighted by Crippen LogP contribution is -2.08. The van der Waals surface area contributed by atoms with Gasteiger partial charge in [-0.2, -0.15) is 0 Å². The van der Waals surface area contributed by atoms with Crippen LogP contribution in [0.2, 0.25) is 0 Å². The highest BCUT2D eigenvalue weighted by Crippen LogP contribution is 2.27. The monoisotopic (exact) mass is 338 g/mol. The van der Waals surface area contributed by atoms with Crippen molar-refractivity contribution in [3.8, 4) is 0 Å². The standard InChI is InChI=1S/C8H16.C3H6O2.C3H6O.C2H6O.3CH4/c1-7-3-5-8(2)6-4-7;1-3(4)5-2;1-3(2)4;1-3-2;;;/h7-8H,3-6H2,1-2H3;1-2H3;1-2H3;1-2H3;3*1H4. The third-order valence-electron chi connectivity index (χ3n) is 2.59. The number of hydrogen-bond donors (Lipinski definition) is 0. The van der Waals surface area contributed by atoms with E-state index >= 15 is 0 Å². The van der Waals surface area contributed by atoms with Gasteiger partial charge in [0.25, 0.3) is 0 Å². The van der Waals surface area contributed by atoms with Gasteiger partial charge in [-0.15, -0.1) is 0 Å². The number of carbonyl (C=O) groups excluding carboxylic acids is 2. The van der Waals surface area contributed by atoms with Crippen molar-refractivity contribution in [3.05, 3.63) is 0 Å². The van der Waals surface area contributed by atoms with Crippen LogP contribution in [-0.4, -0.2) is 33.1 Å². The maximum absolute atomic E-state index is 9.59. The fourth-order valence-corrected chi connectivity index (χ4v) is 1.43. The molecule has 0 atom stereocenters. The Bertz CT molecular complexity index is 205. The average molecular weight is 339 g/mol. The van der Waals surface area contributed by atoms with Crippen LogP contribution in [0.3, 0.4) is 0 Å². The van der Waals surface area contributed by atoms with Gasteiger partial charge in [0.15, 0.2) is 0 Å². The summed E-state index contributed by atoms with van der Waals surface area (Å²) in [4.78, 5) is 19.0. The number of esters is 1. The molecule has 0 saturated heterocycles. The van der Waals surface area contributed by atoms with Crippen molar-refractivity contribution in [2.75, 3.05) is 21.3 Å². The molecule has 0 aliphatic heterocycles. The van der Waals surface area contributed by atoms with Crippen molar-refractivity contribution >= 4 is 11.8 Å². The van der Waals surface area contributed by atoms with Crippen molar-refractivity contribution in [1.82, 2.24) is 0 Å². The smallest absolute Gasteiger partial charge is 0.302 e. The minimum Gasteiger partial charge on any atom is -0.469 e. The summed E-state index contributed by atoms with van der Waals surface area (Å²) in [6, 6.07) is 0. The third kappa shape index (κ3) is 62.5. The number of methoxy groups -OCH3 is 2. The van der Waals surface area contributed by atoms with E-state index in [0.717, 1.165) is 11.8 Å². The molecule has 0 bridgehead atoms. The summed E-state index contributed by atoms with van der Waals surface area (Å²) in [7, 11) is 4.60. The average Bonchev–Trinajstić information content (AvgIpc) is 2.34. The Labute approximate surface area is 147 Å². The number of ether oxygens (including phenoxy) is 2. The molecular formula is C19H46O4. The second kappa shape index (κ2) is 29.2. The van der Waals surface area contributed by atoms with Gasteiger partial charge < -0.3 is 14.3 Å². The number of rotatable bonds is 0. The van der Waals surface area contributed by atoms with Gasteiger partial charge in [0.2, 0.25) is 0 Å². The fourth-order valence-electron chi connectivity index (χ4n) is 1.43. The van der Waals surface area contributed by atoms with E-state index < -0.39 is 0 Å². The van der Waals surface area contributed by atoms with Crippen molar-refractivity contribution in [2.24, 2.45) is 11.8 Å². The molecule has 0 amide bonds.